The Morgan fingerprint density at radius 1 is 0.327 bits per heavy atom. The van der Waals surface area contributed by atoms with Gasteiger partial charge in [0.2, 0.25) is 0 Å². The van der Waals surface area contributed by atoms with Gasteiger partial charge in [-0.1, -0.05) is 0 Å². The molecule has 0 aromatic carbocycles. The van der Waals surface area contributed by atoms with Crippen molar-refractivity contribution in [2.45, 2.75) is 74.8 Å². The minimum absolute atomic E-state index is 0. The number of halogens is 18. The van der Waals surface area contributed by atoms with E-state index in [2.05, 4.69) is 4.74 Å². The maximum absolute atomic E-state index is 11.1. The van der Waals surface area contributed by atoms with Crippen molar-refractivity contribution >= 4 is 0 Å². The zero-order chi connectivity index (χ0) is 37.2. The van der Waals surface area contributed by atoms with Crippen LogP contribution in [0.3, 0.4) is 0 Å². The summed E-state index contributed by atoms with van der Waals surface area (Å²) in [5.74, 6) is 0. The predicted octanol–water partition coefficient (Wildman–Crippen LogP) is -0.574. The van der Waals surface area contributed by atoms with Crippen molar-refractivity contribution in [2.75, 3.05) is 7.11 Å². The molecule has 0 aromatic heterocycles. The molecule has 0 saturated carbocycles. The molecule has 0 aliphatic rings. The number of hydrogen-bond acceptors (Lipinski definition) is 12. The van der Waals surface area contributed by atoms with Crippen molar-refractivity contribution < 1.29 is 223 Å². The number of alkyl halides is 18. The van der Waals surface area contributed by atoms with E-state index >= 15 is 0 Å². The van der Waals surface area contributed by atoms with E-state index in [4.69, 9.17) is 56.2 Å². The Morgan fingerprint density at radius 2 is 0.408 bits per heavy atom. The average molecular weight is 1000 g/mol. The van der Waals surface area contributed by atoms with E-state index in [1.54, 1.807) is 0 Å². The Balaban J connectivity index is -0.0000000327. The Bertz CT molecular complexity index is 555. The molecule has 0 aromatic rings. The van der Waals surface area contributed by atoms with Crippen LogP contribution in [0.2, 0.25) is 0 Å². The van der Waals surface area contributed by atoms with Crippen molar-refractivity contribution in [3.05, 3.63) is 7.43 Å². The SMILES string of the molecule is COC(O)C(F)(F)F.O.OC(O)C(F)(F)F.OC(O)C(F)(F)F.OC(O)C(F)(F)F.OC(O)C(F)(F)F.OC(O)C(F)(F)F.[CH3-].[Zn].[Zn].[Zn].[Zn]. The summed E-state index contributed by atoms with van der Waals surface area (Å²) in [5, 5.41) is 81.0. The molecule has 35 heteroatoms. The summed E-state index contributed by atoms with van der Waals surface area (Å²) in [6.45, 7) is 0. The molecule has 0 bridgehead atoms. The number of methoxy groups -OCH3 is 1. The van der Waals surface area contributed by atoms with Crippen LogP contribution in [0.5, 0.6) is 0 Å². The Hall–Kier alpha value is 0.714. The summed E-state index contributed by atoms with van der Waals surface area (Å²) in [5.41, 5.74) is 0. The van der Waals surface area contributed by atoms with Crippen LogP contribution in [0.25, 0.3) is 0 Å². The number of aliphatic hydroxyl groups is 11. The molecule has 0 aliphatic carbocycles. The zero-order valence-electron chi connectivity index (χ0n) is 23.9. The van der Waals surface area contributed by atoms with E-state index in [1.165, 1.54) is 0 Å². The van der Waals surface area contributed by atoms with Crippen LogP contribution >= 0.6 is 0 Å². The molecule has 294 valence electrons. The third-order valence-corrected chi connectivity index (χ3v) is 1.97. The maximum Gasteiger partial charge on any atom is 0.439 e. The van der Waals surface area contributed by atoms with Crippen LogP contribution in [0.15, 0.2) is 0 Å². The molecule has 0 heterocycles. The van der Waals surface area contributed by atoms with Crippen LogP contribution in [-0.4, -0.2) is 144 Å². The van der Waals surface area contributed by atoms with Crippen LogP contribution < -0.4 is 0 Å². The molecule has 1 unspecified atom stereocenters. The summed E-state index contributed by atoms with van der Waals surface area (Å²) in [4.78, 5) is 0. The van der Waals surface area contributed by atoms with Crippen molar-refractivity contribution in [3.8, 4) is 0 Å². The van der Waals surface area contributed by atoms with E-state index < -0.39 is 74.8 Å². The van der Waals surface area contributed by atoms with Crippen LogP contribution in [0, 0.1) is 7.43 Å². The van der Waals surface area contributed by atoms with E-state index in [0.717, 1.165) is 7.11 Å². The predicted molar refractivity (Wildman–Crippen MR) is 101 cm³/mol. The Morgan fingerprint density at radius 3 is 0.408 bits per heavy atom. The summed E-state index contributed by atoms with van der Waals surface area (Å²) < 4.78 is 197. The normalized spacial score (nSPS) is 11.8. The molecule has 0 aliphatic heterocycles. The fourth-order valence-corrected chi connectivity index (χ4v) is 0.134. The first kappa shape index (κ1) is 82.9. The van der Waals surface area contributed by atoms with Crippen LogP contribution in [-0.2, 0) is 82.6 Å². The van der Waals surface area contributed by atoms with Gasteiger partial charge in [-0.25, -0.2) is 0 Å². The fourth-order valence-electron chi connectivity index (χ4n) is 0.134. The van der Waals surface area contributed by atoms with Crippen molar-refractivity contribution in [3.63, 3.8) is 0 Å². The summed E-state index contributed by atoms with van der Waals surface area (Å²) >= 11 is 0. The van der Waals surface area contributed by atoms with Gasteiger partial charge in [0.1, 0.15) is 0 Å². The van der Waals surface area contributed by atoms with Gasteiger partial charge >= 0.3 is 37.1 Å². The maximum atomic E-state index is 11.1. The molecule has 0 saturated heterocycles. The first-order valence-corrected chi connectivity index (χ1v) is 8.62. The second-order valence-electron chi connectivity index (χ2n) is 5.71. The molecule has 0 spiro atoms. The van der Waals surface area contributed by atoms with E-state index in [-0.39, 0.29) is 90.8 Å². The van der Waals surface area contributed by atoms with Crippen molar-refractivity contribution in [1.29, 1.82) is 0 Å². The van der Waals surface area contributed by atoms with Gasteiger partial charge in [0, 0.05) is 85.0 Å². The van der Waals surface area contributed by atoms with Gasteiger partial charge in [0.15, 0.2) is 0 Å². The minimum atomic E-state index is -4.89. The number of aliphatic hydroxyl groups excluding tert-OH is 6. The molecule has 1 atom stereocenters. The van der Waals surface area contributed by atoms with E-state index in [9.17, 15) is 79.0 Å². The summed E-state index contributed by atoms with van der Waals surface area (Å²) in [7, 11) is 0.776. The van der Waals surface area contributed by atoms with E-state index in [1.807, 2.05) is 0 Å². The Labute approximate surface area is 311 Å². The smallest absolute Gasteiger partial charge is 0.412 e. The van der Waals surface area contributed by atoms with Gasteiger partial charge in [0.25, 0.3) is 37.7 Å². The topological polar surface area (TPSA) is 263 Å². The second kappa shape index (κ2) is 35.7. The van der Waals surface area contributed by atoms with Gasteiger partial charge in [-0.15, -0.1) is 0 Å². The summed E-state index contributed by atoms with van der Waals surface area (Å²) in [6, 6.07) is 0. The molecule has 13 N–H and O–H groups in total. The molecular formula is C14H25F18O13Zn4-. The first-order chi connectivity index (χ1) is 18.2. The molecule has 49 heavy (non-hydrogen) atoms. The van der Waals surface area contributed by atoms with Crippen molar-refractivity contribution in [1.82, 2.24) is 0 Å². The molecular weight excluding hydrogens is 980 g/mol. The van der Waals surface area contributed by atoms with Gasteiger partial charge in [-0.3, -0.25) is 0 Å². The van der Waals surface area contributed by atoms with Gasteiger partial charge in [-0.05, 0) is 0 Å². The van der Waals surface area contributed by atoms with Crippen LogP contribution in [0.1, 0.15) is 0 Å². The zero-order valence-corrected chi connectivity index (χ0v) is 35.8. The van der Waals surface area contributed by atoms with Crippen molar-refractivity contribution in [2.24, 2.45) is 0 Å². The fraction of sp³-hybridized carbons (Fsp3) is 0.929. The van der Waals surface area contributed by atoms with Gasteiger partial charge < -0.3 is 73.8 Å². The third-order valence-electron chi connectivity index (χ3n) is 1.97. The minimum Gasteiger partial charge on any atom is -0.412 e. The van der Waals surface area contributed by atoms with E-state index in [0.29, 0.717) is 0 Å². The Kier molecular flexibility index (Phi) is 60.5. The number of ether oxygens (including phenoxy) is 1. The van der Waals surface area contributed by atoms with Crippen LogP contribution in [0.4, 0.5) is 79.0 Å². The molecule has 0 fully saturated rings. The molecule has 13 nitrogen and oxygen atoms in total. The first-order valence-electron chi connectivity index (χ1n) is 8.62. The molecule has 0 radical (unpaired) electrons. The average Bonchev–Trinajstić information content (AvgIpc) is 2.71. The standard InChI is InChI=1S/C3H5F3O2.5C2H3F3O2.CH3.H2O.4Zn/c1-8-2(7)3(4,5)6;5*3-2(4,5)1(6)7;;;;;;/h2,7H,1H3;5*1,6-7H;1H3;1H2;;;;/q;;;;;;-1;;;;;. The summed E-state index contributed by atoms with van der Waals surface area (Å²) in [6.07, 6.45) is -47.8. The second-order valence-corrected chi connectivity index (χ2v) is 5.71. The monoisotopic (exact) mass is 999 g/mol. The van der Waals surface area contributed by atoms with Gasteiger partial charge in [-0.2, -0.15) is 79.0 Å². The molecule has 0 amide bonds. The number of rotatable bonds is 1. The molecule has 0 rings (SSSR count). The largest absolute Gasteiger partial charge is 0.439 e. The quantitative estimate of drug-likeness (QED) is 0.0684. The number of hydrogen-bond donors (Lipinski definition) is 11. The third kappa shape index (κ3) is 70.9. The van der Waals surface area contributed by atoms with Gasteiger partial charge in [0.05, 0.1) is 0 Å².